The van der Waals surface area contributed by atoms with Gasteiger partial charge in [-0.2, -0.15) is 0 Å². The largest absolute Gasteiger partial charge is 0.253 e. The first-order valence-electron chi connectivity index (χ1n) is 10.8. The molecular weight excluding hydrogens is 372 g/mol. The molecular formula is C24H28N6. The maximum absolute atomic E-state index is 4.44. The van der Waals surface area contributed by atoms with Gasteiger partial charge in [0.2, 0.25) is 0 Å². The Kier molecular flexibility index (Phi) is 6.99. The van der Waals surface area contributed by atoms with E-state index in [1.165, 1.54) is 36.8 Å². The van der Waals surface area contributed by atoms with Crippen LogP contribution in [0.1, 0.15) is 38.5 Å². The molecule has 0 atom stereocenters. The highest BCUT2D eigenvalue weighted by Gasteiger charge is 2.10. The van der Waals surface area contributed by atoms with Crippen LogP contribution in [0.3, 0.4) is 0 Å². The molecule has 0 unspecified atom stereocenters. The number of unbranched alkanes of at least 4 members (excludes halogenated alkanes) is 5. The van der Waals surface area contributed by atoms with Crippen molar-refractivity contribution in [3.05, 3.63) is 73.2 Å². The van der Waals surface area contributed by atoms with Crippen LogP contribution in [-0.4, -0.2) is 30.0 Å². The number of aromatic nitrogens is 6. The first-order valence-corrected chi connectivity index (χ1v) is 10.8. The lowest BCUT2D eigenvalue weighted by molar-refractivity contribution is 0.493. The average molecular weight is 401 g/mol. The van der Waals surface area contributed by atoms with E-state index in [2.05, 4.69) is 75.4 Å². The molecule has 0 aliphatic carbocycles. The van der Waals surface area contributed by atoms with Crippen molar-refractivity contribution >= 4 is 0 Å². The first kappa shape index (κ1) is 20.0. The first-order chi connectivity index (χ1) is 14.9. The Bertz CT molecular complexity index is 1010. The monoisotopic (exact) mass is 400 g/mol. The molecule has 0 fully saturated rings. The Hall–Kier alpha value is -3.28. The highest BCUT2D eigenvalue weighted by Crippen LogP contribution is 2.30. The van der Waals surface area contributed by atoms with Crippen molar-refractivity contribution in [2.75, 3.05) is 0 Å². The smallest absolute Gasteiger partial charge is 0.113 e. The fourth-order valence-electron chi connectivity index (χ4n) is 3.71. The fraction of sp³-hybridized carbons (Fsp3) is 0.333. The summed E-state index contributed by atoms with van der Waals surface area (Å²) >= 11 is 0. The molecule has 0 saturated carbocycles. The highest BCUT2D eigenvalue weighted by atomic mass is 15.4. The van der Waals surface area contributed by atoms with E-state index in [9.17, 15) is 0 Å². The van der Waals surface area contributed by atoms with Crippen molar-refractivity contribution in [1.29, 1.82) is 0 Å². The third-order valence-corrected chi connectivity index (χ3v) is 5.32. The van der Waals surface area contributed by atoms with Gasteiger partial charge in [-0.1, -0.05) is 90.7 Å². The third-order valence-electron chi connectivity index (χ3n) is 5.32. The van der Waals surface area contributed by atoms with Gasteiger partial charge in [0.25, 0.3) is 0 Å². The Morgan fingerprint density at radius 1 is 0.633 bits per heavy atom. The molecule has 0 bridgehead atoms. The molecule has 2 aromatic carbocycles. The minimum atomic E-state index is 0.916. The van der Waals surface area contributed by atoms with E-state index < -0.39 is 0 Å². The summed E-state index contributed by atoms with van der Waals surface area (Å²) in [4.78, 5) is 0. The van der Waals surface area contributed by atoms with Crippen LogP contribution < -0.4 is 0 Å². The summed E-state index contributed by atoms with van der Waals surface area (Å²) in [5.41, 5.74) is 4.45. The van der Waals surface area contributed by atoms with E-state index in [1.54, 1.807) is 6.20 Å². The van der Waals surface area contributed by atoms with Crippen LogP contribution in [0.5, 0.6) is 0 Å². The number of hydrogen-bond acceptors (Lipinski definition) is 4. The normalized spacial score (nSPS) is 11.1. The van der Waals surface area contributed by atoms with E-state index in [0.29, 0.717) is 0 Å². The van der Waals surface area contributed by atoms with Crippen LogP contribution in [0.4, 0.5) is 0 Å². The number of aryl methyl sites for hydroxylation is 2. The summed E-state index contributed by atoms with van der Waals surface area (Å²) in [6.45, 7) is 1.88. The van der Waals surface area contributed by atoms with Crippen LogP contribution in [0.25, 0.3) is 22.4 Å². The molecule has 0 saturated heterocycles. The summed E-state index contributed by atoms with van der Waals surface area (Å²) in [5.74, 6) is 0. The zero-order valence-corrected chi connectivity index (χ0v) is 17.3. The molecule has 154 valence electrons. The van der Waals surface area contributed by atoms with Gasteiger partial charge in [-0.3, -0.25) is 9.36 Å². The second-order valence-corrected chi connectivity index (χ2v) is 7.57. The Labute approximate surface area is 177 Å². The number of nitrogens with zero attached hydrogens (tertiary/aromatic N) is 6. The Morgan fingerprint density at radius 3 is 2.03 bits per heavy atom. The summed E-state index contributed by atoms with van der Waals surface area (Å²) < 4.78 is 3.88. The van der Waals surface area contributed by atoms with Crippen LogP contribution >= 0.6 is 0 Å². The minimum absolute atomic E-state index is 0.916. The molecule has 0 amide bonds. The van der Waals surface area contributed by atoms with Gasteiger partial charge < -0.3 is 0 Å². The fourth-order valence-corrected chi connectivity index (χ4v) is 3.71. The molecule has 0 radical (unpaired) electrons. The molecule has 0 aliphatic rings. The molecule has 6 heteroatoms. The molecule has 0 spiro atoms. The van der Waals surface area contributed by atoms with Crippen molar-refractivity contribution in [3.8, 4) is 22.4 Å². The molecule has 0 aliphatic heterocycles. The van der Waals surface area contributed by atoms with Crippen molar-refractivity contribution < 1.29 is 0 Å². The van der Waals surface area contributed by atoms with E-state index in [0.717, 1.165) is 37.2 Å². The van der Waals surface area contributed by atoms with Gasteiger partial charge in [-0.15, -0.1) is 10.2 Å². The lowest BCUT2D eigenvalue weighted by atomic mass is 9.98. The van der Waals surface area contributed by atoms with Gasteiger partial charge in [0.1, 0.15) is 5.69 Å². The topological polar surface area (TPSA) is 61.4 Å². The summed E-state index contributed by atoms with van der Waals surface area (Å²) in [6, 6.07) is 18.8. The number of hydrogen-bond donors (Lipinski definition) is 0. The predicted octanol–water partition coefficient (Wildman–Crippen LogP) is 5.24. The van der Waals surface area contributed by atoms with Crippen LogP contribution in [0.15, 0.2) is 73.2 Å². The second kappa shape index (κ2) is 10.5. The van der Waals surface area contributed by atoms with E-state index in [4.69, 9.17) is 0 Å². The number of rotatable bonds is 11. The standard InChI is InChI=1S/C24H28N6/c1(3-10-17-29-19-16-25-27-29)2-4-11-18-30-20-24(26-28-30)23-15-9-8-14-22(23)21-12-6-5-7-13-21/h5-9,12-16,19-20H,1-4,10-11,17-18H2. The van der Waals surface area contributed by atoms with Crippen molar-refractivity contribution in [2.24, 2.45) is 0 Å². The third kappa shape index (κ3) is 5.41. The lowest BCUT2D eigenvalue weighted by Gasteiger charge is -2.07. The van der Waals surface area contributed by atoms with Crippen LogP contribution in [0, 0.1) is 0 Å². The van der Waals surface area contributed by atoms with E-state index >= 15 is 0 Å². The molecule has 6 nitrogen and oxygen atoms in total. The highest BCUT2D eigenvalue weighted by molar-refractivity contribution is 5.81. The van der Waals surface area contributed by atoms with Gasteiger partial charge in [0, 0.05) is 24.8 Å². The number of benzene rings is 2. The molecule has 30 heavy (non-hydrogen) atoms. The van der Waals surface area contributed by atoms with Gasteiger partial charge in [-0.25, -0.2) is 0 Å². The SMILES string of the molecule is c1ccc(-c2ccccc2-c2cn(CCCCCCCCn3ccnn3)nn2)cc1. The Morgan fingerprint density at radius 2 is 1.30 bits per heavy atom. The van der Waals surface area contributed by atoms with E-state index in [-0.39, 0.29) is 0 Å². The summed E-state index contributed by atoms with van der Waals surface area (Å²) in [6.07, 6.45) is 13.0. The molecule has 4 aromatic rings. The zero-order chi connectivity index (χ0) is 20.4. The zero-order valence-electron chi connectivity index (χ0n) is 17.3. The molecule has 2 aromatic heterocycles. The van der Waals surface area contributed by atoms with Crippen molar-refractivity contribution in [2.45, 2.75) is 51.6 Å². The van der Waals surface area contributed by atoms with Gasteiger partial charge in [0.15, 0.2) is 0 Å². The Balaban J connectivity index is 1.22. The van der Waals surface area contributed by atoms with Crippen LogP contribution in [-0.2, 0) is 13.1 Å². The van der Waals surface area contributed by atoms with Crippen molar-refractivity contribution in [3.63, 3.8) is 0 Å². The van der Waals surface area contributed by atoms with Gasteiger partial charge >= 0.3 is 0 Å². The minimum Gasteiger partial charge on any atom is -0.253 e. The molecule has 0 N–H and O–H groups in total. The predicted molar refractivity (Wildman–Crippen MR) is 119 cm³/mol. The summed E-state index contributed by atoms with van der Waals surface area (Å²) in [5, 5.41) is 16.6. The van der Waals surface area contributed by atoms with Crippen molar-refractivity contribution in [1.82, 2.24) is 30.0 Å². The average Bonchev–Trinajstić information content (AvgIpc) is 3.48. The molecule has 2 heterocycles. The second-order valence-electron chi connectivity index (χ2n) is 7.57. The molecule has 4 rings (SSSR count). The lowest BCUT2D eigenvalue weighted by Crippen LogP contribution is -1.99. The van der Waals surface area contributed by atoms with E-state index in [1.807, 2.05) is 21.6 Å². The summed E-state index contributed by atoms with van der Waals surface area (Å²) in [7, 11) is 0. The quantitative estimate of drug-likeness (QED) is 0.323. The van der Waals surface area contributed by atoms with Gasteiger partial charge in [0.05, 0.1) is 12.4 Å². The maximum atomic E-state index is 4.44. The van der Waals surface area contributed by atoms with Crippen LogP contribution in [0.2, 0.25) is 0 Å². The van der Waals surface area contributed by atoms with Gasteiger partial charge in [-0.05, 0) is 24.0 Å². The maximum Gasteiger partial charge on any atom is 0.113 e.